The summed E-state index contributed by atoms with van der Waals surface area (Å²) in [4.78, 5) is 33.8. The lowest BCUT2D eigenvalue weighted by Crippen LogP contribution is -2.50. The summed E-state index contributed by atoms with van der Waals surface area (Å²) >= 11 is 0. The molecule has 0 radical (unpaired) electrons. The first-order chi connectivity index (χ1) is 10.9. The van der Waals surface area contributed by atoms with E-state index >= 15 is 0 Å². The Kier molecular flexibility index (Phi) is 4.75. The number of nitrogens with zero attached hydrogens (tertiary/aromatic N) is 1. The second-order valence-electron chi connectivity index (χ2n) is 4.75. The smallest absolute Gasteiger partial charge is 0.257 e. The Hall–Kier alpha value is -3.16. The van der Waals surface area contributed by atoms with Gasteiger partial charge in [-0.25, -0.2) is 0 Å². The highest BCUT2D eigenvalue weighted by atomic mass is 16.5. The number of carbonyl (C=O) groups excluding carboxylic acids is 3. The van der Waals surface area contributed by atoms with E-state index in [0.29, 0.717) is 5.56 Å². The Morgan fingerprint density at radius 3 is 2.43 bits per heavy atom. The van der Waals surface area contributed by atoms with E-state index in [1.807, 2.05) is 0 Å². The molecule has 1 aromatic heterocycles. The summed E-state index contributed by atoms with van der Waals surface area (Å²) in [7, 11) is 0. The highest BCUT2D eigenvalue weighted by Crippen LogP contribution is 2.25. The van der Waals surface area contributed by atoms with Gasteiger partial charge in [0, 0.05) is 18.0 Å². The normalized spacial score (nSPS) is 11.7. The molecule has 0 bridgehead atoms. The third-order valence-corrected chi connectivity index (χ3v) is 3.10. The molecule has 2 rings (SSSR count). The standard InChI is InChI=1S/C15H14N2O6/c1-8-12(13(17-23-8)9-5-3-2-4-6-9)14(20)16-10(15(21)22)7-11(18)19/h2-6,10H,7H2,1H3,(H,16,20)(H,18,19)(H,21,22)/p-2/t10-/m1/s1. The van der Waals surface area contributed by atoms with Crippen LogP contribution >= 0.6 is 0 Å². The zero-order valence-electron chi connectivity index (χ0n) is 12.1. The number of hydrogen-bond acceptors (Lipinski definition) is 7. The van der Waals surface area contributed by atoms with E-state index in [0.717, 1.165) is 0 Å². The average molecular weight is 316 g/mol. The highest BCUT2D eigenvalue weighted by Gasteiger charge is 2.24. The summed E-state index contributed by atoms with van der Waals surface area (Å²) in [5.74, 6) is -3.99. The molecule has 1 aromatic carbocycles. The van der Waals surface area contributed by atoms with Gasteiger partial charge in [-0.1, -0.05) is 35.5 Å². The van der Waals surface area contributed by atoms with Crippen molar-refractivity contribution < 1.29 is 29.1 Å². The fraction of sp³-hybridized carbons (Fsp3) is 0.200. The number of carboxylic acids is 2. The number of carboxylic acid groups (broad SMARTS) is 2. The monoisotopic (exact) mass is 316 g/mol. The quantitative estimate of drug-likeness (QED) is 0.695. The van der Waals surface area contributed by atoms with Crippen LogP contribution in [-0.2, 0) is 9.59 Å². The van der Waals surface area contributed by atoms with Gasteiger partial charge >= 0.3 is 0 Å². The van der Waals surface area contributed by atoms with E-state index in [1.54, 1.807) is 30.3 Å². The molecule has 8 nitrogen and oxygen atoms in total. The first-order valence-corrected chi connectivity index (χ1v) is 6.63. The van der Waals surface area contributed by atoms with Crippen LogP contribution in [0.1, 0.15) is 22.5 Å². The third kappa shape index (κ3) is 3.73. The molecule has 0 saturated heterocycles. The van der Waals surface area contributed by atoms with Gasteiger partial charge in [-0.2, -0.15) is 0 Å². The van der Waals surface area contributed by atoms with Crippen LogP contribution in [0.15, 0.2) is 34.9 Å². The SMILES string of the molecule is Cc1onc(-c2ccccc2)c1C(=O)N[C@H](CC(=O)[O-])C(=O)[O-]. The molecule has 1 heterocycles. The molecule has 2 aromatic rings. The number of nitrogens with one attached hydrogen (secondary N) is 1. The number of aryl methyl sites for hydroxylation is 1. The molecule has 1 atom stereocenters. The lowest BCUT2D eigenvalue weighted by atomic mass is 10.1. The molecule has 0 spiro atoms. The lowest BCUT2D eigenvalue weighted by Gasteiger charge is -2.20. The summed E-state index contributed by atoms with van der Waals surface area (Å²) < 4.78 is 4.99. The summed E-state index contributed by atoms with van der Waals surface area (Å²) in [5.41, 5.74) is 0.853. The number of aromatic nitrogens is 1. The van der Waals surface area contributed by atoms with Crippen LogP contribution in [0.5, 0.6) is 0 Å². The maximum Gasteiger partial charge on any atom is 0.257 e. The van der Waals surface area contributed by atoms with Gasteiger partial charge in [0.05, 0.1) is 12.0 Å². The van der Waals surface area contributed by atoms with Crippen LogP contribution < -0.4 is 15.5 Å². The van der Waals surface area contributed by atoms with Gasteiger partial charge in [0.15, 0.2) is 0 Å². The minimum atomic E-state index is -1.72. The fourth-order valence-electron chi connectivity index (χ4n) is 2.02. The molecule has 23 heavy (non-hydrogen) atoms. The minimum absolute atomic E-state index is 0.0285. The summed E-state index contributed by atoms with van der Waals surface area (Å²) in [6, 6.07) is 6.94. The summed E-state index contributed by atoms with van der Waals surface area (Å²) in [6.07, 6.45) is -0.904. The van der Waals surface area contributed by atoms with Crippen molar-refractivity contribution >= 4 is 17.8 Å². The van der Waals surface area contributed by atoms with Crippen molar-refractivity contribution in [3.63, 3.8) is 0 Å². The van der Waals surface area contributed by atoms with E-state index in [-0.39, 0.29) is 17.0 Å². The molecule has 1 N–H and O–H groups in total. The summed E-state index contributed by atoms with van der Waals surface area (Å²) in [5, 5.41) is 27.3. The van der Waals surface area contributed by atoms with E-state index in [1.165, 1.54) is 6.92 Å². The van der Waals surface area contributed by atoms with Crippen LogP contribution in [0.4, 0.5) is 0 Å². The predicted molar refractivity (Wildman–Crippen MR) is 72.6 cm³/mol. The molecule has 0 aliphatic carbocycles. The molecule has 0 unspecified atom stereocenters. The number of hydrogen-bond donors (Lipinski definition) is 1. The first-order valence-electron chi connectivity index (χ1n) is 6.63. The van der Waals surface area contributed by atoms with Gasteiger partial charge in [-0.15, -0.1) is 0 Å². The second kappa shape index (κ2) is 6.73. The van der Waals surface area contributed by atoms with Crippen molar-refractivity contribution in [1.29, 1.82) is 0 Å². The van der Waals surface area contributed by atoms with Crippen molar-refractivity contribution in [2.24, 2.45) is 0 Å². The van der Waals surface area contributed by atoms with E-state index in [9.17, 15) is 24.6 Å². The van der Waals surface area contributed by atoms with Crippen molar-refractivity contribution in [2.75, 3.05) is 0 Å². The Bertz CT molecular complexity index is 738. The van der Waals surface area contributed by atoms with Gasteiger partial charge < -0.3 is 29.6 Å². The van der Waals surface area contributed by atoms with Crippen LogP contribution in [0, 0.1) is 6.92 Å². The topological polar surface area (TPSA) is 135 Å². The zero-order valence-corrected chi connectivity index (χ0v) is 12.1. The molecule has 0 fully saturated rings. The molecule has 0 aliphatic heterocycles. The molecular weight excluding hydrogens is 304 g/mol. The van der Waals surface area contributed by atoms with Gasteiger partial charge in [0.2, 0.25) is 0 Å². The van der Waals surface area contributed by atoms with Crippen LogP contribution in [0.3, 0.4) is 0 Å². The fourth-order valence-corrected chi connectivity index (χ4v) is 2.02. The van der Waals surface area contributed by atoms with Crippen molar-refractivity contribution in [2.45, 2.75) is 19.4 Å². The number of benzene rings is 1. The molecule has 0 saturated carbocycles. The number of aliphatic carboxylic acids is 2. The van der Waals surface area contributed by atoms with Gasteiger partial charge in [-0.3, -0.25) is 4.79 Å². The van der Waals surface area contributed by atoms with Gasteiger partial charge in [0.25, 0.3) is 5.91 Å². The largest absolute Gasteiger partial charge is 0.550 e. The minimum Gasteiger partial charge on any atom is -0.550 e. The predicted octanol–water partition coefficient (Wildman–Crippen LogP) is -1.36. The first kappa shape index (κ1) is 16.2. The molecule has 1 amide bonds. The maximum absolute atomic E-state index is 12.3. The zero-order chi connectivity index (χ0) is 17.0. The number of amides is 1. The molecule has 8 heteroatoms. The molecule has 120 valence electrons. The van der Waals surface area contributed by atoms with Gasteiger partial charge in [0.1, 0.15) is 17.0 Å². The second-order valence-corrected chi connectivity index (χ2v) is 4.75. The van der Waals surface area contributed by atoms with Crippen LogP contribution in [-0.4, -0.2) is 29.0 Å². The molecule has 0 aliphatic rings. The Morgan fingerprint density at radius 1 is 1.22 bits per heavy atom. The van der Waals surface area contributed by atoms with E-state index < -0.39 is 30.3 Å². The number of rotatable bonds is 6. The van der Waals surface area contributed by atoms with E-state index in [4.69, 9.17) is 4.52 Å². The van der Waals surface area contributed by atoms with Crippen LogP contribution in [0.2, 0.25) is 0 Å². The van der Waals surface area contributed by atoms with Gasteiger partial charge in [-0.05, 0) is 6.92 Å². The number of carbonyl (C=O) groups is 3. The third-order valence-electron chi connectivity index (χ3n) is 3.10. The molecular formula is C15H12N2O6-2. The van der Waals surface area contributed by atoms with Crippen molar-refractivity contribution in [1.82, 2.24) is 10.5 Å². The van der Waals surface area contributed by atoms with Crippen molar-refractivity contribution in [3.05, 3.63) is 41.7 Å². The Balaban J connectivity index is 2.31. The van der Waals surface area contributed by atoms with Crippen molar-refractivity contribution in [3.8, 4) is 11.3 Å². The Labute approximate surface area is 130 Å². The lowest BCUT2D eigenvalue weighted by molar-refractivity contribution is -0.317. The Morgan fingerprint density at radius 2 is 1.87 bits per heavy atom. The highest BCUT2D eigenvalue weighted by molar-refractivity contribution is 6.02. The van der Waals surface area contributed by atoms with E-state index in [2.05, 4.69) is 10.5 Å². The maximum atomic E-state index is 12.3. The van der Waals surface area contributed by atoms with Crippen LogP contribution in [0.25, 0.3) is 11.3 Å². The average Bonchev–Trinajstić information content (AvgIpc) is 2.88. The summed E-state index contributed by atoms with van der Waals surface area (Å²) in [6.45, 7) is 1.49.